The summed E-state index contributed by atoms with van der Waals surface area (Å²) in [5, 5.41) is 17.7. The zero-order valence-corrected chi connectivity index (χ0v) is 18.6. The van der Waals surface area contributed by atoms with Crippen LogP contribution in [-0.2, 0) is 0 Å². The number of nitro benzene ring substituents is 1. The summed E-state index contributed by atoms with van der Waals surface area (Å²) in [4.78, 5) is 10.6. The maximum Gasteiger partial charge on any atom is 0.292 e. The molecule has 0 heterocycles. The summed E-state index contributed by atoms with van der Waals surface area (Å²) in [5.41, 5.74) is 8.65. The summed E-state index contributed by atoms with van der Waals surface area (Å²) in [7, 11) is 0. The molecule has 0 aromatic heterocycles. The number of nitrogens with one attached hydrogen (secondary N) is 2. The van der Waals surface area contributed by atoms with Gasteiger partial charge in [0.1, 0.15) is 5.69 Å². The number of nitrogens with zero attached hydrogens (tertiary/aromatic N) is 1. The summed E-state index contributed by atoms with van der Waals surface area (Å²) >= 11 is 0. The first-order valence-corrected chi connectivity index (χ1v) is 11.6. The molecule has 31 heavy (non-hydrogen) atoms. The highest BCUT2D eigenvalue weighted by Gasteiger charge is 2.21. The van der Waals surface area contributed by atoms with Gasteiger partial charge in [-0.15, -0.1) is 0 Å². The molecule has 168 valence electrons. The SMILES string of the molecule is CC1CCCC(Nc2ccccc2[N+](=O)[O-])C1.Nc1ccccc1NC1CCCCC1. The molecule has 0 spiro atoms. The van der Waals surface area contributed by atoms with E-state index in [-0.39, 0.29) is 10.6 Å². The topological polar surface area (TPSA) is 93.2 Å². The Morgan fingerprint density at radius 3 is 2.13 bits per heavy atom. The minimum Gasteiger partial charge on any atom is -0.397 e. The summed E-state index contributed by atoms with van der Waals surface area (Å²) in [6.45, 7) is 2.24. The largest absolute Gasteiger partial charge is 0.397 e. The Kier molecular flexibility index (Phi) is 8.56. The lowest BCUT2D eigenvalue weighted by Gasteiger charge is -2.28. The molecule has 0 saturated heterocycles. The Labute approximate surface area is 185 Å². The number of nitrogens with two attached hydrogens (primary N) is 1. The van der Waals surface area contributed by atoms with E-state index in [1.807, 2.05) is 24.3 Å². The molecule has 2 fully saturated rings. The van der Waals surface area contributed by atoms with Gasteiger partial charge in [-0.1, -0.05) is 63.3 Å². The van der Waals surface area contributed by atoms with Crippen LogP contribution in [0.4, 0.5) is 22.7 Å². The molecule has 6 nitrogen and oxygen atoms in total. The van der Waals surface area contributed by atoms with Crippen molar-refractivity contribution < 1.29 is 4.92 Å². The second-order valence-corrected chi connectivity index (χ2v) is 8.95. The second-order valence-electron chi connectivity index (χ2n) is 8.95. The minimum atomic E-state index is -0.325. The van der Waals surface area contributed by atoms with E-state index in [0.29, 0.717) is 23.7 Å². The maximum absolute atomic E-state index is 10.9. The van der Waals surface area contributed by atoms with Crippen molar-refractivity contribution in [2.24, 2.45) is 5.92 Å². The van der Waals surface area contributed by atoms with Crippen molar-refractivity contribution in [2.45, 2.75) is 76.8 Å². The van der Waals surface area contributed by atoms with Crippen molar-refractivity contribution >= 4 is 22.7 Å². The number of nitrogen functional groups attached to an aromatic ring is 1. The van der Waals surface area contributed by atoms with Crippen molar-refractivity contribution in [3.63, 3.8) is 0 Å². The second kappa shape index (κ2) is 11.6. The molecule has 6 heteroatoms. The number of rotatable bonds is 5. The van der Waals surface area contributed by atoms with Crippen molar-refractivity contribution in [2.75, 3.05) is 16.4 Å². The predicted octanol–water partition coefficient (Wildman–Crippen LogP) is 6.60. The van der Waals surface area contributed by atoms with E-state index in [4.69, 9.17) is 5.73 Å². The van der Waals surface area contributed by atoms with E-state index in [0.717, 1.165) is 24.2 Å². The van der Waals surface area contributed by atoms with Crippen LogP contribution in [0.5, 0.6) is 0 Å². The van der Waals surface area contributed by atoms with Crippen LogP contribution >= 0.6 is 0 Å². The highest BCUT2D eigenvalue weighted by Crippen LogP contribution is 2.30. The highest BCUT2D eigenvalue weighted by atomic mass is 16.6. The fourth-order valence-corrected chi connectivity index (χ4v) is 4.64. The Morgan fingerprint density at radius 1 is 0.839 bits per heavy atom. The Balaban J connectivity index is 0.000000179. The van der Waals surface area contributed by atoms with Crippen LogP contribution < -0.4 is 16.4 Å². The van der Waals surface area contributed by atoms with Gasteiger partial charge in [-0.25, -0.2) is 0 Å². The summed E-state index contributed by atoms with van der Waals surface area (Å²) in [6, 6.07) is 15.9. The van der Waals surface area contributed by atoms with Crippen LogP contribution in [0, 0.1) is 16.0 Å². The van der Waals surface area contributed by atoms with Gasteiger partial charge >= 0.3 is 0 Å². The van der Waals surface area contributed by atoms with Crippen LogP contribution in [0.2, 0.25) is 0 Å². The van der Waals surface area contributed by atoms with Gasteiger partial charge in [0, 0.05) is 18.2 Å². The predicted molar refractivity (Wildman–Crippen MR) is 129 cm³/mol. The van der Waals surface area contributed by atoms with Crippen molar-refractivity contribution in [1.29, 1.82) is 0 Å². The molecule has 0 aliphatic heterocycles. The van der Waals surface area contributed by atoms with Gasteiger partial charge in [0.15, 0.2) is 0 Å². The Morgan fingerprint density at radius 2 is 1.45 bits per heavy atom. The lowest BCUT2D eigenvalue weighted by molar-refractivity contribution is -0.384. The molecule has 2 aromatic carbocycles. The monoisotopic (exact) mass is 424 g/mol. The van der Waals surface area contributed by atoms with E-state index in [1.165, 1.54) is 44.9 Å². The van der Waals surface area contributed by atoms with Gasteiger partial charge in [-0.2, -0.15) is 0 Å². The van der Waals surface area contributed by atoms with Crippen molar-refractivity contribution in [1.82, 2.24) is 0 Å². The van der Waals surface area contributed by atoms with Crippen LogP contribution in [0.25, 0.3) is 0 Å². The number of para-hydroxylation sites is 4. The molecular weight excluding hydrogens is 388 g/mol. The fraction of sp³-hybridized carbons (Fsp3) is 0.520. The first-order chi connectivity index (χ1) is 15.0. The fourth-order valence-electron chi connectivity index (χ4n) is 4.64. The van der Waals surface area contributed by atoms with Crippen LogP contribution in [0.3, 0.4) is 0 Å². The molecule has 2 aliphatic rings. The third kappa shape index (κ3) is 7.16. The average molecular weight is 425 g/mol. The zero-order valence-electron chi connectivity index (χ0n) is 18.6. The van der Waals surface area contributed by atoms with Crippen LogP contribution in [0.1, 0.15) is 64.7 Å². The van der Waals surface area contributed by atoms with Gasteiger partial charge in [0.2, 0.25) is 0 Å². The normalized spacial score (nSPS) is 21.5. The molecule has 0 bridgehead atoms. The maximum atomic E-state index is 10.9. The van der Waals surface area contributed by atoms with Crippen LogP contribution in [-0.4, -0.2) is 17.0 Å². The molecule has 2 unspecified atom stereocenters. The van der Waals surface area contributed by atoms with E-state index in [1.54, 1.807) is 18.2 Å². The zero-order chi connectivity index (χ0) is 22.1. The molecule has 4 rings (SSSR count). The lowest BCUT2D eigenvalue weighted by Crippen LogP contribution is -2.26. The van der Waals surface area contributed by atoms with Gasteiger partial charge in [-0.05, 0) is 49.8 Å². The van der Waals surface area contributed by atoms with E-state index in [2.05, 4.69) is 23.6 Å². The first kappa shape index (κ1) is 22.9. The molecule has 4 N–H and O–H groups in total. The lowest BCUT2D eigenvalue weighted by atomic mass is 9.87. The molecular formula is C25H36N4O2. The third-order valence-corrected chi connectivity index (χ3v) is 6.32. The summed E-state index contributed by atoms with van der Waals surface area (Å²) < 4.78 is 0. The Hall–Kier alpha value is -2.76. The van der Waals surface area contributed by atoms with Gasteiger partial charge in [0.05, 0.1) is 16.3 Å². The minimum absolute atomic E-state index is 0.172. The average Bonchev–Trinajstić information content (AvgIpc) is 2.77. The number of anilines is 3. The third-order valence-electron chi connectivity index (χ3n) is 6.32. The smallest absolute Gasteiger partial charge is 0.292 e. The van der Waals surface area contributed by atoms with E-state index >= 15 is 0 Å². The summed E-state index contributed by atoms with van der Waals surface area (Å²) in [5.74, 6) is 0.712. The van der Waals surface area contributed by atoms with Gasteiger partial charge in [0.25, 0.3) is 5.69 Å². The van der Waals surface area contributed by atoms with Crippen molar-refractivity contribution in [3.05, 3.63) is 58.6 Å². The molecule has 0 radical (unpaired) electrons. The number of hydrogen-bond donors (Lipinski definition) is 3. The van der Waals surface area contributed by atoms with Crippen molar-refractivity contribution in [3.8, 4) is 0 Å². The number of nitro groups is 1. The van der Waals surface area contributed by atoms with Gasteiger partial charge < -0.3 is 16.4 Å². The van der Waals surface area contributed by atoms with Gasteiger partial charge in [-0.3, -0.25) is 10.1 Å². The molecule has 2 atom stereocenters. The molecule has 0 amide bonds. The first-order valence-electron chi connectivity index (χ1n) is 11.6. The molecule has 2 saturated carbocycles. The van der Waals surface area contributed by atoms with E-state index < -0.39 is 0 Å². The summed E-state index contributed by atoms with van der Waals surface area (Å²) in [6.07, 6.45) is 11.4. The quantitative estimate of drug-likeness (QED) is 0.286. The number of hydrogen-bond acceptors (Lipinski definition) is 5. The standard InChI is InChI=1S/C13H18N2O2.C12H18N2/c1-10-5-4-6-11(9-10)14-12-7-2-3-8-13(12)15(16)17;13-11-8-4-5-9-12(11)14-10-6-2-1-3-7-10/h2-3,7-8,10-11,14H,4-6,9H2,1H3;4-5,8-10,14H,1-3,6-7,13H2. The molecule has 2 aromatic rings. The van der Waals surface area contributed by atoms with E-state index in [9.17, 15) is 10.1 Å². The highest BCUT2D eigenvalue weighted by molar-refractivity contribution is 5.66. The Bertz CT molecular complexity index is 836. The number of benzene rings is 2. The molecule has 2 aliphatic carbocycles. The van der Waals surface area contributed by atoms with Crippen LogP contribution in [0.15, 0.2) is 48.5 Å².